The molecule has 0 saturated heterocycles. The molecular formula is C7H5BrFNO. The number of hydrogen-bond acceptors (Lipinski definition) is 2. The van der Waals surface area contributed by atoms with Crippen molar-refractivity contribution in [1.29, 1.82) is 0 Å². The Labute approximate surface area is 71.3 Å². The molecule has 0 saturated carbocycles. The minimum atomic E-state index is -0.597. The van der Waals surface area contributed by atoms with Crippen molar-refractivity contribution in [3.05, 3.63) is 28.0 Å². The second-order valence-electron chi connectivity index (χ2n) is 2.01. The van der Waals surface area contributed by atoms with E-state index in [1.165, 1.54) is 6.07 Å². The summed E-state index contributed by atoms with van der Waals surface area (Å²) in [7, 11) is 0. The molecule has 0 heterocycles. The molecule has 4 heteroatoms. The van der Waals surface area contributed by atoms with Crippen molar-refractivity contribution in [3.8, 4) is 0 Å². The van der Waals surface area contributed by atoms with E-state index in [2.05, 4.69) is 15.9 Å². The maximum absolute atomic E-state index is 12.7. The highest BCUT2D eigenvalue weighted by atomic mass is 79.9. The zero-order chi connectivity index (χ0) is 8.43. The Kier molecular flexibility index (Phi) is 2.24. The molecule has 1 aromatic rings. The van der Waals surface area contributed by atoms with Crippen LogP contribution in [0.15, 0.2) is 16.6 Å². The highest BCUT2D eigenvalue weighted by Gasteiger charge is 2.04. The largest absolute Gasteiger partial charge is 0.398 e. The van der Waals surface area contributed by atoms with Gasteiger partial charge in [-0.1, -0.05) is 0 Å². The number of rotatable bonds is 1. The van der Waals surface area contributed by atoms with E-state index in [9.17, 15) is 9.18 Å². The first kappa shape index (κ1) is 8.20. The van der Waals surface area contributed by atoms with Gasteiger partial charge >= 0.3 is 0 Å². The molecular weight excluding hydrogens is 213 g/mol. The molecule has 58 valence electrons. The first-order valence-corrected chi connectivity index (χ1v) is 3.64. The van der Waals surface area contributed by atoms with Crippen molar-refractivity contribution in [3.63, 3.8) is 0 Å². The predicted molar refractivity (Wildman–Crippen MR) is 43.9 cm³/mol. The number of carbonyl (C=O) groups is 1. The second kappa shape index (κ2) is 3.00. The van der Waals surface area contributed by atoms with Crippen LogP contribution < -0.4 is 5.73 Å². The molecule has 2 N–H and O–H groups in total. The molecule has 1 rings (SSSR count). The second-order valence-corrected chi connectivity index (χ2v) is 2.87. The number of nitrogen functional groups attached to an aromatic ring is 1. The average molecular weight is 218 g/mol. The lowest BCUT2D eigenvalue weighted by Gasteiger charge is -1.99. The molecule has 0 aliphatic carbocycles. The standard InChI is InChI=1S/C7H5BrFNO/c8-5-1-4(3-11)6(9)2-7(5)10/h1-3H,10H2. The van der Waals surface area contributed by atoms with Crippen LogP contribution in [0, 0.1) is 5.82 Å². The first-order chi connectivity index (χ1) is 5.15. The van der Waals surface area contributed by atoms with Crippen molar-refractivity contribution >= 4 is 27.9 Å². The number of nitrogens with two attached hydrogens (primary N) is 1. The lowest BCUT2D eigenvalue weighted by atomic mass is 10.2. The quantitative estimate of drug-likeness (QED) is 0.578. The number of benzene rings is 1. The normalized spacial score (nSPS) is 9.64. The van der Waals surface area contributed by atoms with Crippen molar-refractivity contribution in [2.75, 3.05) is 5.73 Å². The highest BCUT2D eigenvalue weighted by Crippen LogP contribution is 2.21. The molecule has 1 aromatic carbocycles. The first-order valence-electron chi connectivity index (χ1n) is 2.85. The number of aldehydes is 1. The molecule has 11 heavy (non-hydrogen) atoms. The molecule has 0 spiro atoms. The Hall–Kier alpha value is -0.900. The summed E-state index contributed by atoms with van der Waals surface area (Å²) in [4.78, 5) is 10.2. The Balaban J connectivity index is 3.31. The minimum absolute atomic E-state index is 0.00563. The van der Waals surface area contributed by atoms with Gasteiger partial charge in [0.25, 0.3) is 0 Å². The van der Waals surface area contributed by atoms with E-state index in [0.717, 1.165) is 6.07 Å². The minimum Gasteiger partial charge on any atom is -0.398 e. The fraction of sp³-hybridized carbons (Fsp3) is 0. The van der Waals surface area contributed by atoms with E-state index in [-0.39, 0.29) is 11.3 Å². The summed E-state index contributed by atoms with van der Waals surface area (Å²) in [5.41, 5.74) is 5.63. The third-order valence-electron chi connectivity index (χ3n) is 1.24. The number of hydrogen-bond donors (Lipinski definition) is 1. The van der Waals surface area contributed by atoms with E-state index < -0.39 is 5.82 Å². The van der Waals surface area contributed by atoms with Gasteiger partial charge < -0.3 is 5.73 Å². The van der Waals surface area contributed by atoms with Crippen LogP contribution >= 0.6 is 15.9 Å². The fourth-order valence-electron chi connectivity index (χ4n) is 0.668. The fourth-order valence-corrected chi connectivity index (χ4v) is 1.03. The van der Waals surface area contributed by atoms with Gasteiger partial charge in [0.2, 0.25) is 0 Å². The van der Waals surface area contributed by atoms with Gasteiger partial charge in [0.15, 0.2) is 6.29 Å². The predicted octanol–water partition coefficient (Wildman–Crippen LogP) is 1.98. The van der Waals surface area contributed by atoms with Crippen LogP contribution in [0.3, 0.4) is 0 Å². The molecule has 0 aliphatic heterocycles. The van der Waals surface area contributed by atoms with Gasteiger partial charge in [0, 0.05) is 10.2 Å². The molecule has 0 atom stereocenters. The summed E-state index contributed by atoms with van der Waals surface area (Å²) < 4.78 is 13.2. The van der Waals surface area contributed by atoms with Crippen LogP contribution in [0.25, 0.3) is 0 Å². The lowest BCUT2D eigenvalue weighted by Crippen LogP contribution is -1.93. The van der Waals surface area contributed by atoms with Crippen molar-refractivity contribution in [2.24, 2.45) is 0 Å². The van der Waals surface area contributed by atoms with Crippen molar-refractivity contribution in [1.82, 2.24) is 0 Å². The number of anilines is 1. The summed E-state index contributed by atoms with van der Waals surface area (Å²) in [6.45, 7) is 0. The molecule has 0 radical (unpaired) electrons. The summed E-state index contributed by atoms with van der Waals surface area (Å²) in [5.74, 6) is -0.597. The summed E-state index contributed by atoms with van der Waals surface area (Å²) >= 11 is 3.07. The lowest BCUT2D eigenvalue weighted by molar-refractivity contribution is 0.112. The van der Waals surface area contributed by atoms with Gasteiger partial charge in [-0.25, -0.2) is 4.39 Å². The van der Waals surface area contributed by atoms with Crippen LogP contribution in [0.4, 0.5) is 10.1 Å². The van der Waals surface area contributed by atoms with Gasteiger partial charge in [0.05, 0.1) is 5.56 Å². The molecule has 0 aliphatic rings. The van der Waals surface area contributed by atoms with Gasteiger partial charge in [-0.05, 0) is 28.1 Å². The molecule has 0 aromatic heterocycles. The topological polar surface area (TPSA) is 43.1 Å². The van der Waals surface area contributed by atoms with Gasteiger partial charge in [-0.15, -0.1) is 0 Å². The Bertz CT molecular complexity index is 301. The van der Waals surface area contributed by atoms with Crippen molar-refractivity contribution < 1.29 is 9.18 Å². The third kappa shape index (κ3) is 1.57. The van der Waals surface area contributed by atoms with Crippen molar-refractivity contribution in [2.45, 2.75) is 0 Å². The Morgan fingerprint density at radius 3 is 2.73 bits per heavy atom. The van der Waals surface area contributed by atoms with E-state index in [1.807, 2.05) is 0 Å². The average Bonchev–Trinajstić information content (AvgIpc) is 1.97. The maximum atomic E-state index is 12.7. The maximum Gasteiger partial charge on any atom is 0.153 e. The van der Waals surface area contributed by atoms with Crippen LogP contribution in [0.2, 0.25) is 0 Å². The third-order valence-corrected chi connectivity index (χ3v) is 1.93. The monoisotopic (exact) mass is 217 g/mol. The number of halogens is 2. The van der Waals surface area contributed by atoms with Gasteiger partial charge in [-0.2, -0.15) is 0 Å². The summed E-state index contributed by atoms with van der Waals surface area (Å²) in [6.07, 6.45) is 0.444. The highest BCUT2D eigenvalue weighted by molar-refractivity contribution is 9.10. The zero-order valence-electron chi connectivity index (χ0n) is 5.47. The Morgan fingerprint density at radius 2 is 2.18 bits per heavy atom. The van der Waals surface area contributed by atoms with Crippen LogP contribution in [-0.4, -0.2) is 6.29 Å². The molecule has 0 unspecified atom stereocenters. The SMILES string of the molecule is Nc1cc(F)c(C=O)cc1Br. The van der Waals surface area contributed by atoms with Crippen LogP contribution in [0.5, 0.6) is 0 Å². The summed E-state index contributed by atoms with van der Waals surface area (Å²) in [5, 5.41) is 0. The van der Waals surface area contributed by atoms with Gasteiger partial charge in [0.1, 0.15) is 5.82 Å². The van der Waals surface area contributed by atoms with Crippen LogP contribution in [-0.2, 0) is 0 Å². The van der Waals surface area contributed by atoms with E-state index in [0.29, 0.717) is 10.8 Å². The van der Waals surface area contributed by atoms with Crippen LogP contribution in [0.1, 0.15) is 10.4 Å². The molecule has 0 bridgehead atoms. The number of carbonyl (C=O) groups excluding carboxylic acids is 1. The van der Waals surface area contributed by atoms with E-state index in [4.69, 9.17) is 5.73 Å². The Morgan fingerprint density at radius 1 is 1.55 bits per heavy atom. The van der Waals surface area contributed by atoms with E-state index in [1.54, 1.807) is 0 Å². The smallest absolute Gasteiger partial charge is 0.153 e. The van der Waals surface area contributed by atoms with Gasteiger partial charge in [-0.3, -0.25) is 4.79 Å². The summed E-state index contributed by atoms with van der Waals surface area (Å²) in [6, 6.07) is 2.45. The zero-order valence-corrected chi connectivity index (χ0v) is 7.06. The molecule has 2 nitrogen and oxygen atoms in total. The molecule has 0 fully saturated rings. The van der Waals surface area contributed by atoms with E-state index >= 15 is 0 Å². The molecule has 0 amide bonds.